The van der Waals surface area contributed by atoms with Crippen LogP contribution < -0.4 is 5.23 Å². The SMILES string of the molecule is BNCCC1(C(C)(C)CC)C=CC=C1. The van der Waals surface area contributed by atoms with Crippen molar-refractivity contribution in [3.8, 4) is 0 Å². The van der Waals surface area contributed by atoms with Crippen molar-refractivity contribution in [1.82, 2.24) is 5.23 Å². The highest BCUT2D eigenvalue weighted by Crippen LogP contribution is 2.48. The van der Waals surface area contributed by atoms with Gasteiger partial charge < -0.3 is 5.23 Å². The molecule has 0 heterocycles. The first kappa shape index (κ1) is 11.6. The van der Waals surface area contributed by atoms with Crippen molar-refractivity contribution >= 4 is 7.98 Å². The van der Waals surface area contributed by atoms with Crippen molar-refractivity contribution in [2.75, 3.05) is 6.54 Å². The summed E-state index contributed by atoms with van der Waals surface area (Å²) in [5.74, 6) is 0. The Labute approximate surface area is 89.1 Å². The van der Waals surface area contributed by atoms with E-state index in [1.54, 1.807) is 0 Å². The molecule has 1 nitrogen and oxygen atoms in total. The first-order valence-corrected chi connectivity index (χ1v) is 5.60. The van der Waals surface area contributed by atoms with Crippen molar-refractivity contribution in [3.63, 3.8) is 0 Å². The summed E-state index contributed by atoms with van der Waals surface area (Å²) in [7, 11) is 2.02. The van der Waals surface area contributed by atoms with E-state index in [-0.39, 0.29) is 5.41 Å². The van der Waals surface area contributed by atoms with E-state index in [0.29, 0.717) is 5.41 Å². The molecule has 0 aliphatic heterocycles. The Kier molecular flexibility index (Phi) is 3.60. The lowest BCUT2D eigenvalue weighted by Crippen LogP contribution is -2.35. The lowest BCUT2D eigenvalue weighted by Gasteiger charge is -2.41. The molecule has 1 N–H and O–H groups in total. The van der Waals surface area contributed by atoms with Crippen molar-refractivity contribution in [3.05, 3.63) is 24.3 Å². The van der Waals surface area contributed by atoms with Crippen molar-refractivity contribution in [2.45, 2.75) is 33.6 Å². The molecular formula is C12H22BN. The molecule has 0 unspecified atom stereocenters. The van der Waals surface area contributed by atoms with Gasteiger partial charge in [0, 0.05) is 5.41 Å². The minimum Gasteiger partial charge on any atom is -0.362 e. The second kappa shape index (κ2) is 4.35. The van der Waals surface area contributed by atoms with E-state index in [1.165, 1.54) is 12.8 Å². The van der Waals surface area contributed by atoms with Gasteiger partial charge in [0.05, 0.1) is 0 Å². The van der Waals surface area contributed by atoms with Crippen LogP contribution in [0.15, 0.2) is 24.3 Å². The van der Waals surface area contributed by atoms with Gasteiger partial charge in [0.15, 0.2) is 7.98 Å². The molecule has 0 aromatic heterocycles. The largest absolute Gasteiger partial charge is 0.362 e. The van der Waals surface area contributed by atoms with E-state index in [4.69, 9.17) is 0 Å². The number of hydrogen-bond acceptors (Lipinski definition) is 1. The summed E-state index contributed by atoms with van der Waals surface area (Å²) in [6, 6.07) is 0. The number of nitrogens with one attached hydrogen (secondary N) is 1. The van der Waals surface area contributed by atoms with Gasteiger partial charge in [-0.2, -0.15) is 0 Å². The Bertz CT molecular complexity index is 229. The average Bonchev–Trinajstić information content (AvgIpc) is 2.65. The molecule has 0 bridgehead atoms. The zero-order chi connectivity index (χ0) is 10.7. The van der Waals surface area contributed by atoms with Crippen LogP contribution in [-0.4, -0.2) is 14.5 Å². The Hall–Kier alpha value is -0.495. The molecule has 2 heteroatoms. The maximum absolute atomic E-state index is 3.25. The van der Waals surface area contributed by atoms with E-state index in [2.05, 4.69) is 50.3 Å². The van der Waals surface area contributed by atoms with Crippen LogP contribution in [0.5, 0.6) is 0 Å². The molecule has 0 spiro atoms. The molecule has 0 saturated heterocycles. The fourth-order valence-electron chi connectivity index (χ4n) is 2.13. The van der Waals surface area contributed by atoms with Gasteiger partial charge in [-0.05, 0) is 24.8 Å². The quantitative estimate of drug-likeness (QED) is 0.656. The molecule has 0 radical (unpaired) electrons. The lowest BCUT2D eigenvalue weighted by molar-refractivity contribution is 0.162. The minimum absolute atomic E-state index is 0.269. The molecular weight excluding hydrogens is 169 g/mol. The van der Waals surface area contributed by atoms with Gasteiger partial charge in [0.1, 0.15) is 0 Å². The molecule has 0 atom stereocenters. The van der Waals surface area contributed by atoms with Crippen LogP contribution >= 0.6 is 0 Å². The fourth-order valence-corrected chi connectivity index (χ4v) is 2.13. The highest BCUT2D eigenvalue weighted by Gasteiger charge is 2.39. The van der Waals surface area contributed by atoms with E-state index in [9.17, 15) is 0 Å². The summed E-state index contributed by atoms with van der Waals surface area (Å²) >= 11 is 0. The van der Waals surface area contributed by atoms with Crippen molar-refractivity contribution in [2.24, 2.45) is 10.8 Å². The Morgan fingerprint density at radius 1 is 1.29 bits per heavy atom. The zero-order valence-corrected chi connectivity index (χ0v) is 9.93. The average molecular weight is 191 g/mol. The summed E-state index contributed by atoms with van der Waals surface area (Å²) < 4.78 is 0. The second-order valence-electron chi connectivity index (χ2n) is 4.85. The molecule has 0 aromatic carbocycles. The molecule has 78 valence electrons. The Balaban J connectivity index is 2.83. The van der Waals surface area contributed by atoms with Crippen molar-refractivity contribution in [1.29, 1.82) is 0 Å². The number of allylic oxidation sites excluding steroid dienone is 4. The normalized spacial score (nSPS) is 19.1. The van der Waals surface area contributed by atoms with Crippen molar-refractivity contribution < 1.29 is 0 Å². The second-order valence-corrected chi connectivity index (χ2v) is 4.85. The van der Waals surface area contributed by atoms with E-state index in [0.717, 1.165) is 6.54 Å². The third-order valence-corrected chi connectivity index (χ3v) is 3.83. The van der Waals surface area contributed by atoms with Gasteiger partial charge in [-0.1, -0.05) is 45.1 Å². The van der Waals surface area contributed by atoms with Crippen LogP contribution in [0.25, 0.3) is 0 Å². The fraction of sp³-hybridized carbons (Fsp3) is 0.667. The van der Waals surface area contributed by atoms with Crippen LogP contribution in [0.3, 0.4) is 0 Å². The number of hydrogen-bond donors (Lipinski definition) is 1. The molecule has 14 heavy (non-hydrogen) atoms. The summed E-state index contributed by atoms with van der Waals surface area (Å²) in [4.78, 5) is 0. The molecule has 0 fully saturated rings. The van der Waals surface area contributed by atoms with Gasteiger partial charge in [-0.15, -0.1) is 0 Å². The highest BCUT2D eigenvalue weighted by molar-refractivity contribution is 6.04. The minimum atomic E-state index is 0.269. The third-order valence-electron chi connectivity index (χ3n) is 3.83. The van der Waals surface area contributed by atoms with Crippen LogP contribution in [0.4, 0.5) is 0 Å². The molecule has 1 aliphatic rings. The third kappa shape index (κ3) is 1.95. The van der Waals surface area contributed by atoms with Crippen LogP contribution in [0.1, 0.15) is 33.6 Å². The summed E-state index contributed by atoms with van der Waals surface area (Å²) in [6.07, 6.45) is 11.5. The molecule has 0 aromatic rings. The number of rotatable bonds is 5. The van der Waals surface area contributed by atoms with E-state index < -0.39 is 0 Å². The predicted octanol–water partition coefficient (Wildman–Crippen LogP) is 2.06. The van der Waals surface area contributed by atoms with Gasteiger partial charge >= 0.3 is 0 Å². The van der Waals surface area contributed by atoms with Crippen LogP contribution in [0.2, 0.25) is 0 Å². The summed E-state index contributed by atoms with van der Waals surface area (Å²) in [5.41, 5.74) is 0.623. The topological polar surface area (TPSA) is 12.0 Å². The van der Waals surface area contributed by atoms with Crippen LogP contribution in [0, 0.1) is 10.8 Å². The molecule has 1 rings (SSSR count). The zero-order valence-electron chi connectivity index (χ0n) is 9.93. The molecule has 1 aliphatic carbocycles. The first-order chi connectivity index (χ1) is 6.58. The summed E-state index contributed by atoms with van der Waals surface area (Å²) in [6.45, 7) is 8.09. The maximum atomic E-state index is 3.25. The molecule has 0 saturated carbocycles. The van der Waals surface area contributed by atoms with Gasteiger partial charge in [0.2, 0.25) is 0 Å². The van der Waals surface area contributed by atoms with Gasteiger partial charge in [0.25, 0.3) is 0 Å². The van der Waals surface area contributed by atoms with Crippen LogP contribution in [-0.2, 0) is 0 Å². The van der Waals surface area contributed by atoms with Gasteiger partial charge in [-0.3, -0.25) is 0 Å². The standard InChI is InChI=1S/C12H22BN/c1-4-11(2,3)12(9-10-14-13)7-5-6-8-12/h5-8,14H,4,9-10,13H2,1-3H3. The molecule has 0 amide bonds. The first-order valence-electron chi connectivity index (χ1n) is 5.60. The predicted molar refractivity (Wildman–Crippen MR) is 65.9 cm³/mol. The van der Waals surface area contributed by atoms with Gasteiger partial charge in [-0.25, -0.2) is 0 Å². The van der Waals surface area contributed by atoms with E-state index >= 15 is 0 Å². The summed E-state index contributed by atoms with van der Waals surface area (Å²) in [5, 5.41) is 3.25. The smallest absolute Gasteiger partial charge is 0.181 e. The monoisotopic (exact) mass is 191 g/mol. The highest BCUT2D eigenvalue weighted by atomic mass is 14.7. The Morgan fingerprint density at radius 3 is 2.29 bits per heavy atom. The Morgan fingerprint density at radius 2 is 1.86 bits per heavy atom. The van der Waals surface area contributed by atoms with E-state index in [1.807, 2.05) is 7.98 Å². The maximum Gasteiger partial charge on any atom is 0.181 e. The lowest BCUT2D eigenvalue weighted by atomic mass is 9.63.